The predicted octanol–water partition coefficient (Wildman–Crippen LogP) is 3.95. The summed E-state index contributed by atoms with van der Waals surface area (Å²) in [5.74, 6) is -1.96. The first kappa shape index (κ1) is 23.2. The van der Waals surface area contributed by atoms with Crippen molar-refractivity contribution in [1.82, 2.24) is 5.32 Å². The number of hydrogen-bond acceptors (Lipinski definition) is 4. The number of carbonyl (C=O) groups is 1. The molecule has 0 aromatic heterocycles. The molecule has 1 aliphatic heterocycles. The Bertz CT molecular complexity index is 406. The lowest BCUT2D eigenvalue weighted by Crippen LogP contribution is -2.58. The van der Waals surface area contributed by atoms with Gasteiger partial charge >= 0.3 is 12.1 Å². The summed E-state index contributed by atoms with van der Waals surface area (Å²) in [5.41, 5.74) is 0. The van der Waals surface area contributed by atoms with Gasteiger partial charge in [-0.1, -0.05) is 39.5 Å². The summed E-state index contributed by atoms with van der Waals surface area (Å²) in [6.45, 7) is 6.76. The van der Waals surface area contributed by atoms with E-state index >= 15 is 0 Å². The Hall–Kier alpha value is -0.860. The molecule has 1 rings (SSSR count). The highest BCUT2D eigenvalue weighted by Crippen LogP contribution is 2.26. The van der Waals surface area contributed by atoms with Crippen molar-refractivity contribution in [1.29, 1.82) is 0 Å². The van der Waals surface area contributed by atoms with Gasteiger partial charge in [-0.25, -0.2) is 0 Å². The fourth-order valence-corrected chi connectivity index (χ4v) is 2.93. The van der Waals surface area contributed by atoms with Crippen LogP contribution in [0.2, 0.25) is 0 Å². The van der Waals surface area contributed by atoms with Crippen LogP contribution in [0.1, 0.15) is 65.7 Å². The van der Waals surface area contributed by atoms with Gasteiger partial charge in [0.1, 0.15) is 6.10 Å². The second-order valence-corrected chi connectivity index (χ2v) is 6.70. The standard InChI is InChI=1S/C18H32F3NO4/c1-4-6-8-10-24-15-12-14(22-17(23)18(19,20)21)16(13(3)26-15)25-11-9-7-5-2/h13-16H,4-12H2,1-3H3,(H,22,23)/t13-,14-,15+,16+/m1/s1. The molecular formula is C18H32F3NO4. The zero-order valence-corrected chi connectivity index (χ0v) is 15.9. The predicted molar refractivity (Wildman–Crippen MR) is 91.7 cm³/mol. The molecule has 1 fully saturated rings. The summed E-state index contributed by atoms with van der Waals surface area (Å²) in [4.78, 5) is 11.4. The Kier molecular flexibility index (Phi) is 10.5. The van der Waals surface area contributed by atoms with Gasteiger partial charge in [0, 0.05) is 19.6 Å². The molecule has 1 saturated heterocycles. The molecule has 0 spiro atoms. The molecule has 5 nitrogen and oxygen atoms in total. The number of rotatable bonds is 11. The van der Waals surface area contributed by atoms with Crippen molar-refractivity contribution in [3.05, 3.63) is 0 Å². The lowest BCUT2D eigenvalue weighted by molar-refractivity contribution is -0.236. The van der Waals surface area contributed by atoms with Crippen LogP contribution in [-0.4, -0.2) is 49.8 Å². The maximum atomic E-state index is 12.6. The molecule has 0 aromatic rings. The van der Waals surface area contributed by atoms with Gasteiger partial charge in [0.15, 0.2) is 6.29 Å². The van der Waals surface area contributed by atoms with Crippen LogP contribution in [0.4, 0.5) is 13.2 Å². The van der Waals surface area contributed by atoms with Crippen LogP contribution in [-0.2, 0) is 19.0 Å². The van der Waals surface area contributed by atoms with E-state index in [2.05, 4.69) is 19.2 Å². The fraction of sp³-hybridized carbons (Fsp3) is 0.944. The van der Waals surface area contributed by atoms with E-state index in [0.29, 0.717) is 13.2 Å². The summed E-state index contributed by atoms with van der Waals surface area (Å²) < 4.78 is 55.1. The average Bonchev–Trinajstić information content (AvgIpc) is 2.56. The van der Waals surface area contributed by atoms with Crippen LogP contribution in [0.3, 0.4) is 0 Å². The fourth-order valence-electron chi connectivity index (χ4n) is 2.93. The largest absolute Gasteiger partial charge is 0.471 e. The van der Waals surface area contributed by atoms with Gasteiger partial charge in [0.2, 0.25) is 0 Å². The van der Waals surface area contributed by atoms with Gasteiger partial charge in [-0.2, -0.15) is 13.2 Å². The minimum atomic E-state index is -4.92. The Balaban J connectivity index is 2.66. The normalized spacial score (nSPS) is 26.7. The van der Waals surface area contributed by atoms with E-state index < -0.39 is 36.6 Å². The lowest BCUT2D eigenvalue weighted by atomic mass is 9.99. The second kappa shape index (κ2) is 11.8. The molecule has 154 valence electrons. The Morgan fingerprint density at radius 3 is 2.19 bits per heavy atom. The first-order chi connectivity index (χ1) is 12.3. The Morgan fingerprint density at radius 1 is 1.08 bits per heavy atom. The number of amides is 1. The highest BCUT2D eigenvalue weighted by molar-refractivity contribution is 5.82. The van der Waals surface area contributed by atoms with E-state index in [1.807, 2.05) is 0 Å². The number of hydrogen-bond donors (Lipinski definition) is 1. The van der Waals surface area contributed by atoms with Crippen LogP contribution in [0.15, 0.2) is 0 Å². The molecule has 1 amide bonds. The molecular weight excluding hydrogens is 351 g/mol. The number of carbonyl (C=O) groups excluding carboxylic acids is 1. The highest BCUT2D eigenvalue weighted by atomic mass is 19.4. The molecule has 0 unspecified atom stereocenters. The molecule has 8 heteroatoms. The van der Waals surface area contributed by atoms with Crippen molar-refractivity contribution < 1.29 is 32.2 Å². The summed E-state index contributed by atoms with van der Waals surface area (Å²) in [6.07, 6.45) is -0.805. The molecule has 0 aromatic carbocycles. The number of ether oxygens (including phenoxy) is 3. The van der Waals surface area contributed by atoms with Crippen molar-refractivity contribution in [2.75, 3.05) is 13.2 Å². The topological polar surface area (TPSA) is 56.8 Å². The maximum absolute atomic E-state index is 12.6. The monoisotopic (exact) mass is 383 g/mol. The molecule has 0 aliphatic carbocycles. The van der Waals surface area contributed by atoms with E-state index in [1.54, 1.807) is 6.92 Å². The van der Waals surface area contributed by atoms with Crippen LogP contribution < -0.4 is 5.32 Å². The van der Waals surface area contributed by atoms with Crippen molar-refractivity contribution in [3.63, 3.8) is 0 Å². The zero-order chi connectivity index (χ0) is 19.6. The third kappa shape index (κ3) is 8.22. The van der Waals surface area contributed by atoms with Crippen LogP contribution in [0, 0.1) is 0 Å². The average molecular weight is 383 g/mol. The molecule has 1 aliphatic rings. The van der Waals surface area contributed by atoms with Crippen molar-refractivity contribution in [2.24, 2.45) is 0 Å². The van der Waals surface area contributed by atoms with Gasteiger partial charge in [0.25, 0.3) is 0 Å². The third-order valence-electron chi connectivity index (χ3n) is 4.36. The quantitative estimate of drug-likeness (QED) is 0.549. The summed E-state index contributed by atoms with van der Waals surface area (Å²) in [7, 11) is 0. The van der Waals surface area contributed by atoms with Gasteiger partial charge in [0.05, 0.1) is 12.1 Å². The summed E-state index contributed by atoms with van der Waals surface area (Å²) in [5, 5.41) is 2.06. The number of nitrogens with one attached hydrogen (secondary N) is 1. The lowest BCUT2D eigenvalue weighted by Gasteiger charge is -2.40. The van der Waals surface area contributed by atoms with E-state index in [4.69, 9.17) is 14.2 Å². The van der Waals surface area contributed by atoms with Crippen molar-refractivity contribution in [3.8, 4) is 0 Å². The van der Waals surface area contributed by atoms with Gasteiger partial charge in [-0.3, -0.25) is 4.79 Å². The molecule has 0 bridgehead atoms. The van der Waals surface area contributed by atoms with E-state index in [9.17, 15) is 18.0 Å². The third-order valence-corrected chi connectivity index (χ3v) is 4.36. The van der Waals surface area contributed by atoms with Gasteiger partial charge in [-0.05, 0) is 19.8 Å². The van der Waals surface area contributed by atoms with Crippen LogP contribution in [0.25, 0.3) is 0 Å². The number of alkyl halides is 3. The van der Waals surface area contributed by atoms with E-state index in [1.165, 1.54) is 0 Å². The SMILES string of the molecule is CCCCCO[C@@H]1C[C@@H](NC(=O)C(F)(F)F)[C@@H](OCCCCC)[C@@H](C)O1. The smallest absolute Gasteiger partial charge is 0.373 e. The van der Waals surface area contributed by atoms with Gasteiger partial charge in [-0.15, -0.1) is 0 Å². The molecule has 1 N–H and O–H groups in total. The Morgan fingerprint density at radius 2 is 1.65 bits per heavy atom. The van der Waals surface area contributed by atoms with Gasteiger partial charge < -0.3 is 19.5 Å². The van der Waals surface area contributed by atoms with Crippen molar-refractivity contribution >= 4 is 5.91 Å². The second-order valence-electron chi connectivity index (χ2n) is 6.70. The highest BCUT2D eigenvalue weighted by Gasteiger charge is 2.44. The zero-order valence-electron chi connectivity index (χ0n) is 15.9. The van der Waals surface area contributed by atoms with Crippen LogP contribution in [0.5, 0.6) is 0 Å². The minimum Gasteiger partial charge on any atom is -0.373 e. The van der Waals surface area contributed by atoms with E-state index in [-0.39, 0.29) is 6.42 Å². The first-order valence-corrected chi connectivity index (χ1v) is 9.55. The summed E-state index contributed by atoms with van der Waals surface area (Å²) in [6, 6.07) is -0.800. The van der Waals surface area contributed by atoms with Crippen molar-refractivity contribution in [2.45, 2.75) is 96.4 Å². The van der Waals surface area contributed by atoms with E-state index in [0.717, 1.165) is 38.5 Å². The number of halogens is 3. The number of unbranched alkanes of at least 4 members (excludes halogenated alkanes) is 4. The molecule has 0 saturated carbocycles. The Labute approximate surface area is 153 Å². The first-order valence-electron chi connectivity index (χ1n) is 9.55. The van der Waals surface area contributed by atoms with Crippen LogP contribution >= 0.6 is 0 Å². The minimum absolute atomic E-state index is 0.136. The molecule has 4 atom stereocenters. The maximum Gasteiger partial charge on any atom is 0.471 e. The molecule has 1 heterocycles. The molecule has 26 heavy (non-hydrogen) atoms. The summed E-state index contributed by atoms with van der Waals surface area (Å²) >= 11 is 0. The molecule has 0 radical (unpaired) electrons.